The molecule has 7 heteroatoms. The molecule has 0 saturated carbocycles. The van der Waals surface area contributed by atoms with Crippen molar-refractivity contribution >= 4 is 21.2 Å². The Morgan fingerprint density at radius 2 is 2.00 bits per heavy atom. The number of benzene rings is 1. The van der Waals surface area contributed by atoms with Gasteiger partial charge < -0.3 is 5.32 Å². The highest BCUT2D eigenvalue weighted by Gasteiger charge is 2.25. The van der Waals surface area contributed by atoms with E-state index in [0.717, 1.165) is 17.7 Å². The molecule has 0 aliphatic carbocycles. The number of nitro groups is 1. The van der Waals surface area contributed by atoms with Gasteiger partial charge in [-0.25, -0.2) is 8.42 Å². The Bertz CT molecular complexity index is 640. The Kier molecular flexibility index (Phi) is 3.99. The van der Waals surface area contributed by atoms with Crippen LogP contribution in [0.2, 0.25) is 0 Å². The second kappa shape index (κ2) is 5.40. The Balaban J connectivity index is 2.22. The lowest BCUT2D eigenvalue weighted by Crippen LogP contribution is -2.35. The fourth-order valence-corrected chi connectivity index (χ4v) is 4.15. The van der Waals surface area contributed by atoms with E-state index in [4.69, 9.17) is 0 Å². The minimum Gasteiger partial charge on any atom is -0.381 e. The number of anilines is 1. The van der Waals surface area contributed by atoms with E-state index in [2.05, 4.69) is 5.32 Å². The van der Waals surface area contributed by atoms with Crippen molar-refractivity contribution < 1.29 is 13.3 Å². The van der Waals surface area contributed by atoms with Crippen LogP contribution in [0.1, 0.15) is 24.0 Å². The maximum absolute atomic E-state index is 11.6. The molecule has 1 unspecified atom stereocenters. The van der Waals surface area contributed by atoms with Crippen LogP contribution in [-0.2, 0) is 9.84 Å². The second-order valence-electron chi connectivity index (χ2n) is 5.31. The first-order chi connectivity index (χ1) is 9.28. The van der Waals surface area contributed by atoms with E-state index >= 15 is 0 Å². The lowest BCUT2D eigenvalue weighted by atomic mass is 10.1. The Morgan fingerprint density at radius 3 is 2.60 bits per heavy atom. The first-order valence-corrected chi connectivity index (χ1v) is 8.33. The third-order valence-corrected chi connectivity index (χ3v) is 5.38. The zero-order chi connectivity index (χ0) is 14.9. The smallest absolute Gasteiger partial charge is 0.272 e. The zero-order valence-electron chi connectivity index (χ0n) is 11.5. The van der Waals surface area contributed by atoms with Crippen LogP contribution in [0.5, 0.6) is 0 Å². The summed E-state index contributed by atoms with van der Waals surface area (Å²) in [5.74, 6) is 0.381. The van der Waals surface area contributed by atoms with Gasteiger partial charge in [-0.3, -0.25) is 10.1 Å². The molecule has 6 nitrogen and oxygen atoms in total. The van der Waals surface area contributed by atoms with E-state index in [0.29, 0.717) is 12.0 Å². The van der Waals surface area contributed by atoms with Crippen molar-refractivity contribution in [3.05, 3.63) is 33.4 Å². The van der Waals surface area contributed by atoms with Crippen molar-refractivity contribution in [2.75, 3.05) is 16.8 Å². The van der Waals surface area contributed by atoms with Crippen LogP contribution < -0.4 is 5.32 Å². The van der Waals surface area contributed by atoms with Crippen molar-refractivity contribution in [3.8, 4) is 0 Å². The topological polar surface area (TPSA) is 89.3 Å². The fourth-order valence-electron chi connectivity index (χ4n) is 2.51. The fraction of sp³-hybridized carbons (Fsp3) is 0.538. The number of rotatable bonds is 3. The number of hydrogen-bond donors (Lipinski definition) is 1. The third-order valence-electron chi connectivity index (χ3n) is 3.56. The highest BCUT2D eigenvalue weighted by molar-refractivity contribution is 7.91. The van der Waals surface area contributed by atoms with Crippen LogP contribution in [0.25, 0.3) is 0 Å². The van der Waals surface area contributed by atoms with E-state index < -0.39 is 14.8 Å². The van der Waals surface area contributed by atoms with E-state index in [1.807, 2.05) is 0 Å². The number of aryl methyl sites for hydroxylation is 2. The predicted octanol–water partition coefficient (Wildman–Crippen LogP) is 2.20. The molecule has 1 aromatic carbocycles. The molecule has 1 fully saturated rings. The van der Waals surface area contributed by atoms with Crippen molar-refractivity contribution in [1.29, 1.82) is 0 Å². The lowest BCUT2D eigenvalue weighted by molar-refractivity contribution is -0.385. The lowest BCUT2D eigenvalue weighted by Gasteiger charge is -2.25. The number of nitrogens with zero attached hydrogens (tertiary/aromatic N) is 1. The summed E-state index contributed by atoms with van der Waals surface area (Å²) in [5.41, 5.74) is 2.19. The zero-order valence-corrected chi connectivity index (χ0v) is 12.4. The molecule has 0 amide bonds. The first-order valence-electron chi connectivity index (χ1n) is 6.51. The summed E-state index contributed by atoms with van der Waals surface area (Å²) >= 11 is 0. The van der Waals surface area contributed by atoms with Crippen molar-refractivity contribution in [1.82, 2.24) is 0 Å². The minimum absolute atomic E-state index is 0.0873. The molecule has 0 radical (unpaired) electrons. The van der Waals surface area contributed by atoms with Crippen LogP contribution >= 0.6 is 0 Å². The van der Waals surface area contributed by atoms with Gasteiger partial charge >= 0.3 is 0 Å². The Morgan fingerprint density at radius 1 is 1.30 bits per heavy atom. The van der Waals surface area contributed by atoms with Gasteiger partial charge in [0.2, 0.25) is 0 Å². The monoisotopic (exact) mass is 298 g/mol. The predicted molar refractivity (Wildman–Crippen MR) is 77.9 cm³/mol. The molecule has 2 rings (SSSR count). The molecule has 0 bridgehead atoms. The summed E-state index contributed by atoms with van der Waals surface area (Å²) in [7, 11) is -2.97. The molecule has 1 heterocycles. The van der Waals surface area contributed by atoms with Crippen LogP contribution in [0.15, 0.2) is 12.1 Å². The van der Waals surface area contributed by atoms with Gasteiger partial charge in [-0.1, -0.05) is 0 Å². The van der Waals surface area contributed by atoms with Crippen molar-refractivity contribution in [2.45, 2.75) is 32.7 Å². The van der Waals surface area contributed by atoms with E-state index in [-0.39, 0.29) is 23.2 Å². The van der Waals surface area contributed by atoms with Crippen LogP contribution in [0.3, 0.4) is 0 Å². The average molecular weight is 298 g/mol. The number of hydrogen-bond acceptors (Lipinski definition) is 5. The van der Waals surface area contributed by atoms with Crippen LogP contribution in [0.4, 0.5) is 11.4 Å². The minimum atomic E-state index is -2.97. The average Bonchev–Trinajstić information content (AvgIpc) is 2.31. The summed E-state index contributed by atoms with van der Waals surface area (Å²) in [6.07, 6.45) is 1.46. The molecule has 1 saturated heterocycles. The summed E-state index contributed by atoms with van der Waals surface area (Å²) in [4.78, 5) is 10.5. The Labute approximate surface area is 118 Å². The van der Waals surface area contributed by atoms with Gasteiger partial charge in [0, 0.05) is 23.4 Å². The summed E-state index contributed by atoms with van der Waals surface area (Å²) in [5, 5.41) is 14.1. The molecular formula is C13H18N2O4S. The molecule has 110 valence electrons. The second-order valence-corrected chi connectivity index (χ2v) is 7.54. The van der Waals surface area contributed by atoms with Gasteiger partial charge in [-0.15, -0.1) is 0 Å². The number of nitrogens with one attached hydrogen (secondary N) is 1. The molecule has 1 N–H and O–H groups in total. The first kappa shape index (κ1) is 14.8. The molecule has 20 heavy (non-hydrogen) atoms. The maximum atomic E-state index is 11.6. The van der Waals surface area contributed by atoms with Gasteiger partial charge in [-0.2, -0.15) is 0 Å². The van der Waals surface area contributed by atoms with Crippen molar-refractivity contribution in [3.63, 3.8) is 0 Å². The standard InChI is InChI=1S/C13H18N2O4S/c1-9-7-13(15(16)17)10(2)6-12(9)14-11-4-3-5-20(18,19)8-11/h6-7,11,14H,3-5,8H2,1-2H3. The largest absolute Gasteiger partial charge is 0.381 e. The molecule has 0 spiro atoms. The van der Waals surface area contributed by atoms with Gasteiger partial charge in [0.1, 0.15) is 0 Å². The molecule has 1 aromatic rings. The highest BCUT2D eigenvalue weighted by atomic mass is 32.2. The summed E-state index contributed by atoms with van der Waals surface area (Å²) < 4.78 is 23.2. The number of nitro benzene ring substituents is 1. The molecular weight excluding hydrogens is 280 g/mol. The van der Waals surface area contributed by atoms with E-state index in [1.54, 1.807) is 19.9 Å². The Hall–Kier alpha value is -1.63. The van der Waals surface area contributed by atoms with Gasteiger partial charge in [0.25, 0.3) is 5.69 Å². The van der Waals surface area contributed by atoms with Gasteiger partial charge in [-0.05, 0) is 38.3 Å². The van der Waals surface area contributed by atoms with Crippen LogP contribution in [-0.4, -0.2) is 30.9 Å². The number of sulfone groups is 1. The van der Waals surface area contributed by atoms with Crippen molar-refractivity contribution in [2.24, 2.45) is 0 Å². The molecule has 0 aromatic heterocycles. The van der Waals surface area contributed by atoms with Gasteiger partial charge in [0.15, 0.2) is 9.84 Å². The quantitative estimate of drug-likeness (QED) is 0.682. The third kappa shape index (κ3) is 3.27. The van der Waals surface area contributed by atoms with Gasteiger partial charge in [0.05, 0.1) is 16.4 Å². The van der Waals surface area contributed by atoms with Crippen LogP contribution in [0, 0.1) is 24.0 Å². The molecule has 1 atom stereocenters. The molecule has 1 aliphatic heterocycles. The van der Waals surface area contributed by atoms with E-state index in [9.17, 15) is 18.5 Å². The SMILES string of the molecule is Cc1cc([N+](=O)[O-])c(C)cc1NC1CCCS(=O)(=O)C1. The maximum Gasteiger partial charge on any atom is 0.272 e. The normalized spacial score (nSPS) is 21.4. The highest BCUT2D eigenvalue weighted by Crippen LogP contribution is 2.27. The summed E-state index contributed by atoms with van der Waals surface area (Å²) in [6.45, 7) is 3.46. The summed E-state index contributed by atoms with van der Waals surface area (Å²) in [6, 6.07) is 3.12. The van der Waals surface area contributed by atoms with E-state index in [1.165, 1.54) is 6.07 Å². The molecule has 1 aliphatic rings.